The third-order valence-electron chi connectivity index (χ3n) is 4.79. The number of amides is 3. The summed E-state index contributed by atoms with van der Waals surface area (Å²) in [4.78, 5) is 26.7. The molecule has 1 heterocycles. The SMILES string of the molecule is O=C(NC1CCCCC1)[C@@H]1CCCN1C(=O)Nc1ccccc1. The Morgan fingerprint density at radius 2 is 1.70 bits per heavy atom. The predicted molar refractivity (Wildman–Crippen MR) is 90.2 cm³/mol. The summed E-state index contributed by atoms with van der Waals surface area (Å²) in [6.07, 6.45) is 7.40. The molecule has 23 heavy (non-hydrogen) atoms. The van der Waals surface area contributed by atoms with E-state index in [1.807, 2.05) is 30.3 Å². The van der Waals surface area contributed by atoms with Crippen LogP contribution >= 0.6 is 0 Å². The molecule has 0 spiro atoms. The van der Waals surface area contributed by atoms with Gasteiger partial charge in [0.15, 0.2) is 0 Å². The van der Waals surface area contributed by atoms with Crippen LogP contribution in [0.3, 0.4) is 0 Å². The van der Waals surface area contributed by atoms with Crippen molar-refractivity contribution < 1.29 is 9.59 Å². The van der Waals surface area contributed by atoms with E-state index in [-0.39, 0.29) is 24.0 Å². The van der Waals surface area contributed by atoms with Gasteiger partial charge in [-0.25, -0.2) is 4.79 Å². The summed E-state index contributed by atoms with van der Waals surface area (Å²) >= 11 is 0. The summed E-state index contributed by atoms with van der Waals surface area (Å²) in [6, 6.07) is 9.15. The van der Waals surface area contributed by atoms with Crippen LogP contribution in [-0.2, 0) is 4.79 Å². The van der Waals surface area contributed by atoms with Crippen LogP contribution in [0.1, 0.15) is 44.9 Å². The number of para-hydroxylation sites is 1. The summed E-state index contributed by atoms with van der Waals surface area (Å²) in [5.41, 5.74) is 0.760. The number of nitrogens with one attached hydrogen (secondary N) is 2. The van der Waals surface area contributed by atoms with Gasteiger partial charge in [-0.15, -0.1) is 0 Å². The Labute approximate surface area is 137 Å². The number of urea groups is 1. The molecule has 5 nitrogen and oxygen atoms in total. The van der Waals surface area contributed by atoms with Gasteiger partial charge in [0.1, 0.15) is 6.04 Å². The minimum atomic E-state index is -0.333. The molecule has 2 fully saturated rings. The van der Waals surface area contributed by atoms with Gasteiger partial charge in [-0.3, -0.25) is 4.79 Å². The second-order valence-electron chi connectivity index (χ2n) is 6.49. The van der Waals surface area contributed by atoms with Crippen molar-refractivity contribution in [2.24, 2.45) is 0 Å². The Balaban J connectivity index is 1.58. The van der Waals surface area contributed by atoms with Gasteiger partial charge in [0.25, 0.3) is 0 Å². The average molecular weight is 315 g/mol. The van der Waals surface area contributed by atoms with Gasteiger partial charge >= 0.3 is 6.03 Å². The first-order valence-corrected chi connectivity index (χ1v) is 8.67. The van der Waals surface area contributed by atoms with Crippen molar-refractivity contribution in [3.8, 4) is 0 Å². The molecule has 1 atom stereocenters. The molecule has 0 aromatic heterocycles. The van der Waals surface area contributed by atoms with Crippen LogP contribution in [0.5, 0.6) is 0 Å². The molecule has 3 amide bonds. The predicted octanol–water partition coefficient (Wildman–Crippen LogP) is 3.13. The molecule has 0 bridgehead atoms. The van der Waals surface area contributed by atoms with Crippen LogP contribution in [0.4, 0.5) is 10.5 Å². The van der Waals surface area contributed by atoms with Gasteiger partial charge in [0, 0.05) is 18.3 Å². The molecule has 2 N–H and O–H groups in total. The normalized spacial score (nSPS) is 21.9. The fourth-order valence-electron chi connectivity index (χ4n) is 3.54. The summed E-state index contributed by atoms with van der Waals surface area (Å²) in [7, 11) is 0. The van der Waals surface area contributed by atoms with E-state index in [9.17, 15) is 9.59 Å². The third-order valence-corrected chi connectivity index (χ3v) is 4.79. The lowest BCUT2D eigenvalue weighted by atomic mass is 9.95. The van der Waals surface area contributed by atoms with E-state index < -0.39 is 0 Å². The Hall–Kier alpha value is -2.04. The van der Waals surface area contributed by atoms with Crippen molar-refractivity contribution in [1.29, 1.82) is 0 Å². The maximum absolute atomic E-state index is 12.5. The van der Waals surface area contributed by atoms with Gasteiger partial charge in [0.05, 0.1) is 0 Å². The molecule has 2 aliphatic rings. The van der Waals surface area contributed by atoms with Gasteiger partial charge in [0.2, 0.25) is 5.91 Å². The number of nitrogens with zero attached hydrogens (tertiary/aromatic N) is 1. The minimum absolute atomic E-state index is 0.0117. The van der Waals surface area contributed by atoms with Gasteiger partial charge in [-0.05, 0) is 37.8 Å². The third kappa shape index (κ3) is 4.03. The quantitative estimate of drug-likeness (QED) is 0.900. The van der Waals surface area contributed by atoms with Crippen LogP contribution in [0.2, 0.25) is 0 Å². The van der Waals surface area contributed by atoms with Crippen LogP contribution in [-0.4, -0.2) is 35.5 Å². The molecule has 0 radical (unpaired) electrons. The molecule has 1 saturated heterocycles. The molecule has 1 saturated carbocycles. The fourth-order valence-corrected chi connectivity index (χ4v) is 3.54. The van der Waals surface area contributed by atoms with Gasteiger partial charge in [-0.1, -0.05) is 37.5 Å². The molecule has 0 unspecified atom stereocenters. The molecular weight excluding hydrogens is 290 g/mol. The molecule has 5 heteroatoms. The number of anilines is 1. The Kier molecular flexibility index (Phi) is 5.16. The van der Waals surface area contributed by atoms with E-state index in [0.29, 0.717) is 6.54 Å². The number of carbonyl (C=O) groups is 2. The lowest BCUT2D eigenvalue weighted by Crippen LogP contribution is -2.50. The maximum atomic E-state index is 12.5. The number of likely N-dealkylation sites (tertiary alicyclic amines) is 1. The molecular formula is C18H25N3O2. The largest absolute Gasteiger partial charge is 0.352 e. The van der Waals surface area contributed by atoms with Crippen LogP contribution in [0.25, 0.3) is 0 Å². The average Bonchev–Trinajstić information content (AvgIpc) is 3.06. The Bertz CT molecular complexity index is 540. The first-order chi connectivity index (χ1) is 11.2. The van der Waals surface area contributed by atoms with Crippen molar-refractivity contribution in [3.63, 3.8) is 0 Å². The molecule has 3 rings (SSSR count). The highest BCUT2D eigenvalue weighted by Gasteiger charge is 2.35. The highest BCUT2D eigenvalue weighted by Crippen LogP contribution is 2.21. The van der Waals surface area contributed by atoms with E-state index in [0.717, 1.165) is 31.4 Å². The molecule has 1 aliphatic carbocycles. The lowest BCUT2D eigenvalue weighted by molar-refractivity contribution is -0.125. The van der Waals surface area contributed by atoms with Crippen LogP contribution in [0, 0.1) is 0 Å². The van der Waals surface area contributed by atoms with Crippen molar-refractivity contribution in [2.45, 2.75) is 57.0 Å². The lowest BCUT2D eigenvalue weighted by Gasteiger charge is -2.28. The second kappa shape index (κ2) is 7.49. The van der Waals surface area contributed by atoms with E-state index >= 15 is 0 Å². The number of carbonyl (C=O) groups excluding carboxylic acids is 2. The number of benzene rings is 1. The van der Waals surface area contributed by atoms with Crippen molar-refractivity contribution in [3.05, 3.63) is 30.3 Å². The first kappa shape index (κ1) is 15.8. The molecule has 1 aromatic carbocycles. The first-order valence-electron chi connectivity index (χ1n) is 8.67. The van der Waals surface area contributed by atoms with E-state index in [1.54, 1.807) is 4.90 Å². The zero-order valence-electron chi connectivity index (χ0n) is 13.5. The van der Waals surface area contributed by atoms with Gasteiger partial charge < -0.3 is 15.5 Å². The topological polar surface area (TPSA) is 61.4 Å². The highest BCUT2D eigenvalue weighted by atomic mass is 16.2. The molecule has 1 aromatic rings. The minimum Gasteiger partial charge on any atom is -0.352 e. The van der Waals surface area contributed by atoms with Crippen molar-refractivity contribution in [1.82, 2.24) is 10.2 Å². The maximum Gasteiger partial charge on any atom is 0.322 e. The molecule has 1 aliphatic heterocycles. The number of rotatable bonds is 3. The summed E-state index contributed by atoms with van der Waals surface area (Å²) in [5, 5.41) is 6.03. The van der Waals surface area contributed by atoms with E-state index in [2.05, 4.69) is 10.6 Å². The highest BCUT2D eigenvalue weighted by molar-refractivity contribution is 5.94. The van der Waals surface area contributed by atoms with Gasteiger partial charge in [-0.2, -0.15) is 0 Å². The standard InChI is InChI=1S/C18H25N3O2/c22-17(19-14-8-3-1-4-9-14)16-12-7-13-21(16)18(23)20-15-10-5-2-6-11-15/h2,5-6,10-11,14,16H,1,3-4,7-9,12-13H2,(H,19,22)(H,20,23)/t16-/m0/s1. The van der Waals surface area contributed by atoms with Crippen molar-refractivity contribution in [2.75, 3.05) is 11.9 Å². The van der Waals surface area contributed by atoms with Crippen LogP contribution < -0.4 is 10.6 Å². The summed E-state index contributed by atoms with van der Waals surface area (Å²) in [5.74, 6) is 0.0117. The fraction of sp³-hybridized carbons (Fsp3) is 0.556. The number of hydrogen-bond acceptors (Lipinski definition) is 2. The smallest absolute Gasteiger partial charge is 0.322 e. The van der Waals surface area contributed by atoms with E-state index in [4.69, 9.17) is 0 Å². The monoisotopic (exact) mass is 315 g/mol. The zero-order chi connectivity index (χ0) is 16.1. The van der Waals surface area contributed by atoms with E-state index in [1.165, 1.54) is 19.3 Å². The molecule has 124 valence electrons. The van der Waals surface area contributed by atoms with Crippen LogP contribution in [0.15, 0.2) is 30.3 Å². The van der Waals surface area contributed by atoms with Crippen molar-refractivity contribution >= 4 is 17.6 Å². The Morgan fingerprint density at radius 3 is 2.43 bits per heavy atom. The number of hydrogen-bond donors (Lipinski definition) is 2. The Morgan fingerprint density at radius 1 is 0.957 bits per heavy atom. The second-order valence-corrected chi connectivity index (χ2v) is 6.49. The zero-order valence-corrected chi connectivity index (χ0v) is 13.5. The summed E-state index contributed by atoms with van der Waals surface area (Å²) in [6.45, 7) is 0.640. The summed E-state index contributed by atoms with van der Waals surface area (Å²) < 4.78 is 0.